The van der Waals surface area contributed by atoms with Crippen LogP contribution in [0.2, 0.25) is 0 Å². The number of ether oxygens (including phenoxy) is 2. The number of hydrogen-bond acceptors (Lipinski definition) is 5. The zero-order chi connectivity index (χ0) is 12.5. The number of fused-ring (bicyclic) bond motifs is 2. The highest BCUT2D eigenvalue weighted by Gasteiger charge is 2.16. The van der Waals surface area contributed by atoms with E-state index in [0.29, 0.717) is 19.8 Å². The number of aryl methyl sites for hydroxylation is 1. The minimum atomic E-state index is 0.597. The Morgan fingerprint density at radius 1 is 1.33 bits per heavy atom. The van der Waals surface area contributed by atoms with Gasteiger partial charge in [0.2, 0.25) is 0 Å². The second-order valence-corrected chi connectivity index (χ2v) is 5.14. The lowest BCUT2D eigenvalue weighted by Crippen LogP contribution is -2.15. The fourth-order valence-electron chi connectivity index (χ4n) is 1.99. The summed E-state index contributed by atoms with van der Waals surface area (Å²) in [6, 6.07) is 3.93. The molecule has 5 nitrogen and oxygen atoms in total. The Kier molecular flexibility index (Phi) is 3.05. The number of nitrogens with two attached hydrogens (primary N) is 1. The van der Waals surface area contributed by atoms with Crippen molar-refractivity contribution in [2.45, 2.75) is 5.16 Å². The van der Waals surface area contributed by atoms with Crippen LogP contribution in [-0.2, 0) is 7.05 Å². The first-order valence-electron chi connectivity index (χ1n) is 5.88. The summed E-state index contributed by atoms with van der Waals surface area (Å²) >= 11 is 1.66. The van der Waals surface area contributed by atoms with Gasteiger partial charge in [0.1, 0.15) is 13.2 Å². The Morgan fingerprint density at radius 3 is 2.78 bits per heavy atom. The zero-order valence-electron chi connectivity index (χ0n) is 10.2. The van der Waals surface area contributed by atoms with Crippen LogP contribution in [-0.4, -0.2) is 35.1 Å². The van der Waals surface area contributed by atoms with E-state index in [0.717, 1.165) is 33.4 Å². The third-order valence-electron chi connectivity index (χ3n) is 2.85. The number of nitrogens with zero attached hydrogens (tertiary/aromatic N) is 2. The molecule has 0 radical (unpaired) electrons. The Bertz CT molecular complexity index is 582. The van der Waals surface area contributed by atoms with Gasteiger partial charge in [-0.05, 0) is 0 Å². The lowest BCUT2D eigenvalue weighted by atomic mass is 10.2. The molecular weight excluding hydrogens is 250 g/mol. The molecule has 2 aromatic rings. The molecule has 0 saturated carbocycles. The van der Waals surface area contributed by atoms with Gasteiger partial charge >= 0.3 is 0 Å². The molecule has 2 heterocycles. The van der Waals surface area contributed by atoms with Crippen molar-refractivity contribution in [2.75, 3.05) is 25.5 Å². The molecule has 1 aliphatic heterocycles. The van der Waals surface area contributed by atoms with Crippen molar-refractivity contribution in [3.05, 3.63) is 12.1 Å². The number of imidazole rings is 1. The number of hydrogen-bond donors (Lipinski definition) is 1. The van der Waals surface area contributed by atoms with Crippen LogP contribution in [0.1, 0.15) is 0 Å². The van der Waals surface area contributed by atoms with Crippen molar-refractivity contribution in [3.63, 3.8) is 0 Å². The summed E-state index contributed by atoms with van der Waals surface area (Å²) in [7, 11) is 2.00. The second-order valence-electron chi connectivity index (χ2n) is 4.08. The van der Waals surface area contributed by atoms with E-state index in [1.165, 1.54) is 0 Å². The van der Waals surface area contributed by atoms with Crippen molar-refractivity contribution in [3.8, 4) is 11.5 Å². The molecule has 0 saturated heterocycles. The first-order chi connectivity index (χ1) is 8.79. The lowest BCUT2D eigenvalue weighted by Gasteiger charge is -2.18. The normalized spacial score (nSPS) is 14.1. The quantitative estimate of drug-likeness (QED) is 0.850. The SMILES string of the molecule is Cn1c(SCCN)nc2cc3c(cc21)OCCO3. The van der Waals surface area contributed by atoms with Gasteiger partial charge < -0.3 is 19.8 Å². The summed E-state index contributed by atoms with van der Waals surface area (Å²) in [4.78, 5) is 4.59. The van der Waals surface area contributed by atoms with E-state index in [2.05, 4.69) is 9.55 Å². The number of aromatic nitrogens is 2. The predicted molar refractivity (Wildman–Crippen MR) is 71.5 cm³/mol. The molecule has 0 fully saturated rings. The third-order valence-corrected chi connectivity index (χ3v) is 3.92. The minimum Gasteiger partial charge on any atom is -0.486 e. The molecule has 1 aromatic carbocycles. The average Bonchev–Trinajstić information content (AvgIpc) is 2.70. The number of thioether (sulfide) groups is 1. The third kappa shape index (κ3) is 1.91. The molecular formula is C12H15N3O2S. The maximum Gasteiger partial charge on any atom is 0.168 e. The molecule has 3 rings (SSSR count). The smallest absolute Gasteiger partial charge is 0.168 e. The van der Waals surface area contributed by atoms with E-state index in [1.807, 2.05) is 19.2 Å². The van der Waals surface area contributed by atoms with E-state index in [1.54, 1.807) is 11.8 Å². The molecule has 0 amide bonds. The summed E-state index contributed by atoms with van der Waals surface area (Å²) in [6.07, 6.45) is 0. The minimum absolute atomic E-state index is 0.597. The van der Waals surface area contributed by atoms with E-state index in [-0.39, 0.29) is 0 Å². The fraction of sp³-hybridized carbons (Fsp3) is 0.417. The highest BCUT2D eigenvalue weighted by molar-refractivity contribution is 7.99. The molecule has 96 valence electrons. The summed E-state index contributed by atoms with van der Waals surface area (Å²) in [5, 5.41) is 0.970. The molecule has 0 aliphatic carbocycles. The summed E-state index contributed by atoms with van der Waals surface area (Å²) in [5.74, 6) is 2.44. The van der Waals surface area contributed by atoms with Crippen LogP contribution in [0.5, 0.6) is 11.5 Å². The lowest BCUT2D eigenvalue weighted by molar-refractivity contribution is 0.172. The van der Waals surface area contributed by atoms with E-state index in [9.17, 15) is 0 Å². The summed E-state index contributed by atoms with van der Waals surface area (Å²) in [5.41, 5.74) is 7.51. The number of rotatable bonds is 3. The molecule has 2 N–H and O–H groups in total. The van der Waals surface area contributed by atoms with Crippen LogP contribution >= 0.6 is 11.8 Å². The maximum atomic E-state index is 5.58. The maximum absolute atomic E-state index is 5.58. The Hall–Kier alpha value is -1.40. The fourth-order valence-corrected chi connectivity index (χ4v) is 2.74. The van der Waals surface area contributed by atoms with Gasteiger partial charge in [0, 0.05) is 31.5 Å². The first kappa shape index (κ1) is 11.7. The molecule has 18 heavy (non-hydrogen) atoms. The van der Waals surface area contributed by atoms with E-state index < -0.39 is 0 Å². The van der Waals surface area contributed by atoms with Crippen molar-refractivity contribution in [2.24, 2.45) is 12.8 Å². The van der Waals surface area contributed by atoms with Crippen LogP contribution in [0, 0.1) is 0 Å². The average molecular weight is 265 g/mol. The van der Waals surface area contributed by atoms with E-state index in [4.69, 9.17) is 15.2 Å². The zero-order valence-corrected chi connectivity index (χ0v) is 11.0. The van der Waals surface area contributed by atoms with Gasteiger partial charge in [-0.1, -0.05) is 11.8 Å². The van der Waals surface area contributed by atoms with E-state index >= 15 is 0 Å². The summed E-state index contributed by atoms with van der Waals surface area (Å²) < 4.78 is 13.2. The van der Waals surface area contributed by atoms with Crippen LogP contribution in [0.4, 0.5) is 0 Å². The van der Waals surface area contributed by atoms with Gasteiger partial charge in [0.15, 0.2) is 16.7 Å². The van der Waals surface area contributed by atoms with Crippen LogP contribution in [0.3, 0.4) is 0 Å². The molecule has 6 heteroatoms. The number of benzene rings is 1. The van der Waals surface area contributed by atoms with Crippen LogP contribution < -0.4 is 15.2 Å². The van der Waals surface area contributed by atoms with Gasteiger partial charge in [0.05, 0.1) is 11.0 Å². The van der Waals surface area contributed by atoms with Crippen molar-refractivity contribution in [1.29, 1.82) is 0 Å². The van der Waals surface area contributed by atoms with Crippen molar-refractivity contribution in [1.82, 2.24) is 9.55 Å². The molecule has 0 bridgehead atoms. The van der Waals surface area contributed by atoms with Crippen LogP contribution in [0.25, 0.3) is 11.0 Å². The Labute approximate surface area is 109 Å². The Balaban J connectivity index is 2.06. The second kappa shape index (κ2) is 4.70. The van der Waals surface area contributed by atoms with Crippen molar-refractivity contribution < 1.29 is 9.47 Å². The topological polar surface area (TPSA) is 62.3 Å². The van der Waals surface area contributed by atoms with Gasteiger partial charge in [0.25, 0.3) is 0 Å². The standard InChI is InChI=1S/C12H15N3O2S/c1-15-9-7-11-10(16-3-4-17-11)6-8(9)14-12(15)18-5-2-13/h6-7H,2-5,13H2,1H3. The molecule has 0 spiro atoms. The largest absolute Gasteiger partial charge is 0.486 e. The predicted octanol–water partition coefficient (Wildman–Crippen LogP) is 1.40. The molecule has 1 aromatic heterocycles. The molecule has 0 unspecified atom stereocenters. The highest BCUT2D eigenvalue weighted by Crippen LogP contribution is 2.35. The summed E-state index contributed by atoms with van der Waals surface area (Å²) in [6.45, 7) is 1.85. The highest BCUT2D eigenvalue weighted by atomic mass is 32.2. The molecule has 1 aliphatic rings. The first-order valence-corrected chi connectivity index (χ1v) is 6.87. The monoisotopic (exact) mass is 265 g/mol. The molecule has 0 atom stereocenters. The van der Waals surface area contributed by atoms with Crippen LogP contribution in [0.15, 0.2) is 17.3 Å². The van der Waals surface area contributed by atoms with Gasteiger partial charge in [-0.2, -0.15) is 0 Å². The Morgan fingerprint density at radius 2 is 2.06 bits per heavy atom. The van der Waals surface area contributed by atoms with Gasteiger partial charge in [-0.3, -0.25) is 0 Å². The van der Waals surface area contributed by atoms with Gasteiger partial charge in [-0.15, -0.1) is 0 Å². The van der Waals surface area contributed by atoms with Crippen molar-refractivity contribution >= 4 is 22.8 Å². The van der Waals surface area contributed by atoms with Gasteiger partial charge in [-0.25, -0.2) is 4.98 Å².